The predicted octanol–water partition coefficient (Wildman–Crippen LogP) is 0.531. The number of hydrogen-bond acceptors (Lipinski definition) is 3. The van der Waals surface area contributed by atoms with E-state index < -0.39 is 11.9 Å². The van der Waals surface area contributed by atoms with Gasteiger partial charge in [-0.05, 0) is 6.92 Å². The first kappa shape index (κ1) is 8.69. The first-order valence-corrected chi connectivity index (χ1v) is 4.25. The fraction of sp³-hybridized carbons (Fsp3) is 0.400. The smallest absolute Gasteiger partial charge is 0.222 e. The first-order valence-electron chi connectivity index (χ1n) is 4.25. The van der Waals surface area contributed by atoms with E-state index in [1.165, 1.54) is 0 Å². The third-order valence-electron chi connectivity index (χ3n) is 2.33. The maximum Gasteiger partial charge on any atom is 0.222 e. The molecule has 2 N–H and O–H groups in total. The lowest BCUT2D eigenvalue weighted by atomic mass is 10.1. The van der Waals surface area contributed by atoms with E-state index in [4.69, 9.17) is 9.84 Å². The molecule has 0 bridgehead atoms. The molecule has 1 aliphatic rings. The summed E-state index contributed by atoms with van der Waals surface area (Å²) in [7, 11) is 0. The Hall–Kier alpha value is -0.900. The molecule has 1 aliphatic heterocycles. The SMILES string of the molecule is Cc1ccc(C2(O)OC2CO)cc1. The molecule has 0 aliphatic carbocycles. The molecule has 1 aromatic carbocycles. The number of aliphatic hydroxyl groups is 2. The van der Waals surface area contributed by atoms with Gasteiger partial charge in [0.15, 0.2) is 0 Å². The quantitative estimate of drug-likeness (QED) is 0.653. The standard InChI is InChI=1S/C10H12O3/c1-7-2-4-8(5-3-7)10(12)9(6-11)13-10/h2-5,9,11-12H,6H2,1H3. The molecule has 1 fully saturated rings. The molecule has 1 saturated heterocycles. The van der Waals surface area contributed by atoms with Crippen LogP contribution < -0.4 is 0 Å². The molecule has 1 aromatic rings. The molecule has 13 heavy (non-hydrogen) atoms. The van der Waals surface area contributed by atoms with E-state index in [-0.39, 0.29) is 6.61 Å². The molecule has 0 saturated carbocycles. The number of rotatable bonds is 2. The Balaban J connectivity index is 2.23. The Kier molecular flexibility index (Phi) is 1.87. The Morgan fingerprint density at radius 2 is 2.00 bits per heavy atom. The summed E-state index contributed by atoms with van der Waals surface area (Å²) in [5, 5.41) is 18.5. The second-order valence-electron chi connectivity index (χ2n) is 3.35. The van der Waals surface area contributed by atoms with Crippen LogP contribution in [0.1, 0.15) is 11.1 Å². The van der Waals surface area contributed by atoms with Crippen molar-refractivity contribution in [3.63, 3.8) is 0 Å². The zero-order chi connectivity index (χ0) is 9.47. The Morgan fingerprint density at radius 3 is 2.46 bits per heavy atom. The van der Waals surface area contributed by atoms with Crippen LogP contribution in [-0.2, 0) is 10.5 Å². The third-order valence-corrected chi connectivity index (χ3v) is 2.33. The van der Waals surface area contributed by atoms with Crippen molar-refractivity contribution in [2.75, 3.05) is 6.61 Å². The molecular weight excluding hydrogens is 168 g/mol. The van der Waals surface area contributed by atoms with Crippen LogP contribution in [0.5, 0.6) is 0 Å². The molecular formula is C10H12O3. The van der Waals surface area contributed by atoms with Gasteiger partial charge in [0, 0.05) is 5.56 Å². The minimum absolute atomic E-state index is 0.148. The van der Waals surface area contributed by atoms with Crippen molar-refractivity contribution >= 4 is 0 Å². The topological polar surface area (TPSA) is 53.0 Å². The van der Waals surface area contributed by atoms with E-state index >= 15 is 0 Å². The number of ether oxygens (including phenoxy) is 1. The monoisotopic (exact) mass is 180 g/mol. The van der Waals surface area contributed by atoms with Crippen LogP contribution in [0.4, 0.5) is 0 Å². The Labute approximate surface area is 76.6 Å². The van der Waals surface area contributed by atoms with Gasteiger partial charge in [-0.2, -0.15) is 0 Å². The van der Waals surface area contributed by atoms with E-state index in [0.29, 0.717) is 5.56 Å². The molecule has 2 unspecified atom stereocenters. The maximum atomic E-state index is 9.77. The number of aliphatic hydroxyl groups excluding tert-OH is 1. The molecule has 2 atom stereocenters. The highest BCUT2D eigenvalue weighted by atomic mass is 16.7. The van der Waals surface area contributed by atoms with Gasteiger partial charge in [-0.3, -0.25) is 0 Å². The van der Waals surface area contributed by atoms with Gasteiger partial charge in [0.25, 0.3) is 0 Å². The van der Waals surface area contributed by atoms with Gasteiger partial charge < -0.3 is 14.9 Å². The highest BCUT2D eigenvalue weighted by molar-refractivity contribution is 5.28. The molecule has 0 aromatic heterocycles. The van der Waals surface area contributed by atoms with Gasteiger partial charge in [0.1, 0.15) is 6.10 Å². The lowest BCUT2D eigenvalue weighted by Gasteiger charge is -2.05. The molecule has 0 spiro atoms. The third kappa shape index (κ3) is 1.35. The van der Waals surface area contributed by atoms with Crippen molar-refractivity contribution in [2.24, 2.45) is 0 Å². The van der Waals surface area contributed by atoms with E-state index in [1.54, 1.807) is 0 Å². The summed E-state index contributed by atoms with van der Waals surface area (Å²) in [4.78, 5) is 0. The molecule has 3 nitrogen and oxygen atoms in total. The van der Waals surface area contributed by atoms with Crippen molar-refractivity contribution in [3.8, 4) is 0 Å². The highest BCUT2D eigenvalue weighted by Crippen LogP contribution is 2.43. The molecule has 2 rings (SSSR count). The largest absolute Gasteiger partial charge is 0.393 e. The van der Waals surface area contributed by atoms with Crippen molar-refractivity contribution in [2.45, 2.75) is 18.8 Å². The number of aryl methyl sites for hydroxylation is 1. The first-order chi connectivity index (χ1) is 6.16. The lowest BCUT2D eigenvalue weighted by Crippen LogP contribution is -2.13. The second-order valence-corrected chi connectivity index (χ2v) is 3.35. The van der Waals surface area contributed by atoms with Crippen LogP contribution in [0.3, 0.4) is 0 Å². The van der Waals surface area contributed by atoms with Crippen LogP contribution in [0.25, 0.3) is 0 Å². The molecule has 0 amide bonds. The van der Waals surface area contributed by atoms with Gasteiger partial charge in [-0.1, -0.05) is 29.8 Å². The minimum atomic E-state index is -1.25. The molecule has 70 valence electrons. The minimum Gasteiger partial charge on any atom is -0.393 e. The van der Waals surface area contributed by atoms with Gasteiger partial charge in [-0.15, -0.1) is 0 Å². The predicted molar refractivity (Wildman–Crippen MR) is 47.0 cm³/mol. The normalized spacial score (nSPS) is 31.8. The van der Waals surface area contributed by atoms with Crippen LogP contribution in [0.2, 0.25) is 0 Å². The zero-order valence-electron chi connectivity index (χ0n) is 7.40. The van der Waals surface area contributed by atoms with Gasteiger partial charge in [-0.25, -0.2) is 0 Å². The highest BCUT2D eigenvalue weighted by Gasteiger charge is 2.56. The summed E-state index contributed by atoms with van der Waals surface area (Å²) in [6.07, 6.45) is -0.463. The van der Waals surface area contributed by atoms with E-state index in [9.17, 15) is 5.11 Å². The van der Waals surface area contributed by atoms with Gasteiger partial charge >= 0.3 is 0 Å². The lowest BCUT2D eigenvalue weighted by molar-refractivity contribution is 0.0332. The van der Waals surface area contributed by atoms with E-state index in [1.807, 2.05) is 31.2 Å². The Morgan fingerprint density at radius 1 is 1.38 bits per heavy atom. The van der Waals surface area contributed by atoms with E-state index in [0.717, 1.165) is 5.56 Å². The van der Waals surface area contributed by atoms with Crippen molar-refractivity contribution in [1.82, 2.24) is 0 Å². The number of benzene rings is 1. The van der Waals surface area contributed by atoms with Gasteiger partial charge in [0.05, 0.1) is 6.61 Å². The fourth-order valence-corrected chi connectivity index (χ4v) is 1.39. The summed E-state index contributed by atoms with van der Waals surface area (Å²) >= 11 is 0. The van der Waals surface area contributed by atoms with Crippen LogP contribution >= 0.6 is 0 Å². The van der Waals surface area contributed by atoms with Crippen LogP contribution in [0, 0.1) is 6.92 Å². The zero-order valence-corrected chi connectivity index (χ0v) is 7.40. The summed E-state index contributed by atoms with van der Waals surface area (Å²) in [5.41, 5.74) is 1.84. The van der Waals surface area contributed by atoms with Crippen molar-refractivity contribution < 1.29 is 14.9 Å². The Bertz CT molecular complexity index is 306. The van der Waals surface area contributed by atoms with Gasteiger partial charge in [0.2, 0.25) is 5.79 Å². The average molecular weight is 180 g/mol. The van der Waals surface area contributed by atoms with E-state index in [2.05, 4.69) is 0 Å². The molecule has 0 radical (unpaired) electrons. The second kappa shape index (κ2) is 2.80. The van der Waals surface area contributed by atoms with Crippen LogP contribution in [-0.4, -0.2) is 22.9 Å². The molecule has 3 heteroatoms. The average Bonchev–Trinajstić information content (AvgIpc) is 2.80. The summed E-state index contributed by atoms with van der Waals surface area (Å²) < 4.78 is 4.99. The van der Waals surface area contributed by atoms with Crippen molar-refractivity contribution in [3.05, 3.63) is 35.4 Å². The summed E-state index contributed by atoms with van der Waals surface area (Å²) in [6.45, 7) is 1.83. The summed E-state index contributed by atoms with van der Waals surface area (Å²) in [5.74, 6) is -1.25. The maximum absolute atomic E-state index is 9.77. The number of hydrogen-bond donors (Lipinski definition) is 2. The fourth-order valence-electron chi connectivity index (χ4n) is 1.39. The molecule has 1 heterocycles. The summed E-state index contributed by atoms with van der Waals surface area (Å²) in [6, 6.07) is 7.43. The van der Waals surface area contributed by atoms with Crippen LogP contribution in [0.15, 0.2) is 24.3 Å². The number of epoxide rings is 1. The van der Waals surface area contributed by atoms with Crippen molar-refractivity contribution in [1.29, 1.82) is 0 Å².